The highest BCUT2D eigenvalue weighted by Gasteiger charge is 2.37. The second-order valence-corrected chi connectivity index (χ2v) is 7.20. The van der Waals surface area contributed by atoms with Crippen molar-refractivity contribution >= 4 is 33.8 Å². The van der Waals surface area contributed by atoms with Gasteiger partial charge in [-0.1, -0.05) is 0 Å². The molecule has 0 radical (unpaired) electrons. The lowest BCUT2D eigenvalue weighted by Gasteiger charge is -2.17. The van der Waals surface area contributed by atoms with Crippen molar-refractivity contribution in [2.75, 3.05) is 18.6 Å². The molecule has 116 valence electrons. The summed E-state index contributed by atoms with van der Waals surface area (Å²) in [6.45, 7) is -0.0283. The smallest absolute Gasteiger partial charge is 0.326 e. The maximum atomic E-state index is 11.9. The van der Waals surface area contributed by atoms with E-state index in [1.54, 1.807) is 0 Å². The maximum Gasteiger partial charge on any atom is 0.326 e. The van der Waals surface area contributed by atoms with Crippen molar-refractivity contribution in [3.05, 3.63) is 0 Å². The molecule has 3 atom stereocenters. The molecule has 0 bridgehead atoms. The third kappa shape index (κ3) is 4.93. The average Bonchev–Trinajstić information content (AvgIpc) is 2.83. The molecule has 1 fully saturated rings. The summed E-state index contributed by atoms with van der Waals surface area (Å²) in [6.07, 6.45) is 2.05. The summed E-state index contributed by atoms with van der Waals surface area (Å²) in [4.78, 5) is 22.9. The van der Waals surface area contributed by atoms with Gasteiger partial charge in [-0.15, -0.1) is 0 Å². The Hall–Kier alpha value is -0.840. The Morgan fingerprint density at radius 3 is 2.60 bits per heavy atom. The Morgan fingerprint density at radius 1 is 1.50 bits per heavy atom. The fourth-order valence-corrected chi connectivity index (χ4v) is 3.11. The third-order valence-corrected chi connectivity index (χ3v) is 4.90. The summed E-state index contributed by atoms with van der Waals surface area (Å²) >= 11 is 1.47. The van der Waals surface area contributed by atoms with Crippen LogP contribution in [0.25, 0.3) is 0 Å². The second-order valence-electron chi connectivity index (χ2n) is 4.51. The summed E-state index contributed by atoms with van der Waals surface area (Å²) in [7, 11) is -4.19. The van der Waals surface area contributed by atoms with Crippen LogP contribution in [0.3, 0.4) is 0 Å². The van der Waals surface area contributed by atoms with Crippen molar-refractivity contribution in [3.63, 3.8) is 0 Å². The molecular formula is C10H18N2O6S2. The molecule has 0 saturated carbocycles. The van der Waals surface area contributed by atoms with Crippen molar-refractivity contribution in [3.8, 4) is 0 Å². The van der Waals surface area contributed by atoms with E-state index in [0.29, 0.717) is 5.75 Å². The Morgan fingerprint density at radius 2 is 2.15 bits per heavy atom. The molecule has 1 amide bonds. The van der Waals surface area contributed by atoms with E-state index in [1.165, 1.54) is 11.8 Å². The first-order chi connectivity index (χ1) is 9.25. The maximum absolute atomic E-state index is 11.9. The fourth-order valence-electron chi connectivity index (χ4n) is 1.90. The number of thioether (sulfide) groups is 1. The molecule has 1 saturated heterocycles. The first-order valence-corrected chi connectivity index (χ1v) is 8.87. The van der Waals surface area contributed by atoms with Gasteiger partial charge in [0.25, 0.3) is 10.1 Å². The highest BCUT2D eigenvalue weighted by molar-refractivity contribution is 7.98. The molecule has 10 heteroatoms. The summed E-state index contributed by atoms with van der Waals surface area (Å²) in [6, 6.07) is -1.81. The normalized spacial score (nSPS) is 24.3. The lowest BCUT2D eigenvalue weighted by Crippen LogP contribution is -2.48. The van der Waals surface area contributed by atoms with Gasteiger partial charge in [0.05, 0.1) is 6.04 Å². The number of hydrogen-bond acceptors (Lipinski definition) is 6. The average molecular weight is 326 g/mol. The van der Waals surface area contributed by atoms with Crippen LogP contribution in [0.15, 0.2) is 0 Å². The first kappa shape index (κ1) is 17.2. The number of carboxylic acids is 1. The van der Waals surface area contributed by atoms with Crippen LogP contribution in [0.1, 0.15) is 12.8 Å². The van der Waals surface area contributed by atoms with Crippen molar-refractivity contribution in [2.24, 2.45) is 0 Å². The van der Waals surface area contributed by atoms with Crippen LogP contribution in [0.4, 0.5) is 0 Å². The first-order valence-electron chi connectivity index (χ1n) is 5.97. The number of aliphatic carboxylic acids is 1. The summed E-state index contributed by atoms with van der Waals surface area (Å²) in [5.74, 6) is -1.11. The van der Waals surface area contributed by atoms with Crippen LogP contribution in [-0.2, 0) is 19.7 Å². The molecular weight excluding hydrogens is 308 g/mol. The zero-order valence-electron chi connectivity index (χ0n) is 10.9. The Labute approximate surface area is 121 Å². The largest absolute Gasteiger partial charge is 0.480 e. The molecule has 1 rings (SSSR count). The minimum absolute atomic E-state index is 0.0283. The van der Waals surface area contributed by atoms with Crippen LogP contribution < -0.4 is 10.6 Å². The lowest BCUT2D eigenvalue weighted by atomic mass is 10.1. The number of carboxylic acid groups (broad SMARTS) is 1. The highest BCUT2D eigenvalue weighted by Crippen LogP contribution is 2.14. The van der Waals surface area contributed by atoms with Gasteiger partial charge in [0.1, 0.15) is 11.3 Å². The number of carbonyl (C=O) groups excluding carboxylic acids is 1. The predicted octanol–water partition coefficient (Wildman–Crippen LogP) is -1.07. The minimum Gasteiger partial charge on any atom is -0.480 e. The number of rotatable bonds is 7. The summed E-state index contributed by atoms with van der Waals surface area (Å²) in [5.41, 5.74) is 0. The van der Waals surface area contributed by atoms with Gasteiger partial charge in [0.2, 0.25) is 5.91 Å². The Bertz CT molecular complexity index is 466. The minimum atomic E-state index is -4.19. The van der Waals surface area contributed by atoms with Gasteiger partial charge in [-0.2, -0.15) is 20.2 Å². The zero-order valence-corrected chi connectivity index (χ0v) is 12.5. The Kier molecular flexibility index (Phi) is 6.24. The van der Waals surface area contributed by atoms with Crippen LogP contribution in [0.2, 0.25) is 0 Å². The third-order valence-electron chi connectivity index (χ3n) is 3.05. The van der Waals surface area contributed by atoms with E-state index in [0.717, 1.165) is 0 Å². The molecule has 0 unspecified atom stereocenters. The van der Waals surface area contributed by atoms with E-state index in [9.17, 15) is 18.0 Å². The van der Waals surface area contributed by atoms with Crippen molar-refractivity contribution in [1.29, 1.82) is 0 Å². The van der Waals surface area contributed by atoms with Crippen LogP contribution >= 0.6 is 11.8 Å². The van der Waals surface area contributed by atoms with Gasteiger partial charge >= 0.3 is 5.97 Å². The van der Waals surface area contributed by atoms with Crippen LogP contribution in [0, 0.1) is 0 Å². The van der Waals surface area contributed by atoms with Gasteiger partial charge in [0.15, 0.2) is 0 Å². The van der Waals surface area contributed by atoms with Gasteiger partial charge in [-0.25, -0.2) is 4.79 Å². The number of nitrogens with one attached hydrogen (secondary N) is 2. The van der Waals surface area contributed by atoms with Crippen molar-refractivity contribution in [1.82, 2.24) is 10.6 Å². The predicted molar refractivity (Wildman–Crippen MR) is 74.3 cm³/mol. The lowest BCUT2D eigenvalue weighted by molar-refractivity contribution is -0.142. The van der Waals surface area contributed by atoms with E-state index in [4.69, 9.17) is 9.66 Å². The molecule has 1 aliphatic heterocycles. The van der Waals surface area contributed by atoms with Crippen LogP contribution in [0.5, 0.6) is 0 Å². The number of hydrogen-bond donors (Lipinski definition) is 4. The molecule has 8 nitrogen and oxygen atoms in total. The van der Waals surface area contributed by atoms with Gasteiger partial charge in [-0.05, 0) is 24.9 Å². The molecule has 0 aromatic heterocycles. The van der Waals surface area contributed by atoms with Crippen LogP contribution in [-0.4, -0.2) is 65.8 Å². The topological polar surface area (TPSA) is 133 Å². The monoisotopic (exact) mass is 326 g/mol. The van der Waals surface area contributed by atoms with E-state index in [2.05, 4.69) is 10.6 Å². The highest BCUT2D eigenvalue weighted by atomic mass is 32.2. The zero-order chi connectivity index (χ0) is 15.3. The summed E-state index contributed by atoms with van der Waals surface area (Å²) in [5, 5.41) is 13.0. The Balaban J connectivity index is 2.56. The molecule has 0 aliphatic carbocycles. The van der Waals surface area contributed by atoms with E-state index in [-0.39, 0.29) is 19.4 Å². The van der Waals surface area contributed by atoms with Gasteiger partial charge in [0, 0.05) is 6.54 Å². The van der Waals surface area contributed by atoms with Crippen molar-refractivity contribution in [2.45, 2.75) is 30.2 Å². The van der Waals surface area contributed by atoms with E-state index < -0.39 is 39.3 Å². The van der Waals surface area contributed by atoms with E-state index in [1.807, 2.05) is 6.26 Å². The summed E-state index contributed by atoms with van der Waals surface area (Å²) < 4.78 is 30.8. The molecule has 1 aliphatic rings. The van der Waals surface area contributed by atoms with Crippen molar-refractivity contribution < 1.29 is 27.7 Å². The SMILES string of the molecule is CSCC[C@H](NC(=O)[C@@H]1C[C@H](S(=O)(=O)O)CN1)C(=O)O. The molecule has 0 aromatic rings. The second kappa shape index (κ2) is 7.25. The van der Waals surface area contributed by atoms with Gasteiger partial charge in [-0.3, -0.25) is 9.35 Å². The van der Waals surface area contributed by atoms with Gasteiger partial charge < -0.3 is 15.7 Å². The molecule has 1 heterocycles. The van der Waals surface area contributed by atoms with E-state index >= 15 is 0 Å². The quantitative estimate of drug-likeness (QED) is 0.435. The number of amides is 1. The molecule has 4 N–H and O–H groups in total. The number of carbonyl (C=O) groups is 2. The molecule has 0 aromatic carbocycles. The fraction of sp³-hybridized carbons (Fsp3) is 0.800. The molecule has 0 spiro atoms. The standard InChI is InChI=1S/C10H18N2O6S2/c1-19-3-2-7(10(14)15)12-9(13)8-4-6(5-11-8)20(16,17)18/h6-8,11H,2-5H2,1H3,(H,12,13)(H,14,15)(H,16,17,18)/t6-,7-,8-/m0/s1. The molecule has 20 heavy (non-hydrogen) atoms.